The van der Waals surface area contributed by atoms with Crippen molar-refractivity contribution in [1.82, 2.24) is 4.98 Å². The van der Waals surface area contributed by atoms with Gasteiger partial charge in [-0.15, -0.1) is 0 Å². The Kier molecular flexibility index (Phi) is 4.17. The fourth-order valence-electron chi connectivity index (χ4n) is 1.13. The van der Waals surface area contributed by atoms with E-state index in [0.29, 0.717) is 5.56 Å². The maximum Gasteiger partial charge on any atom is 0.310 e. The second-order valence-corrected chi connectivity index (χ2v) is 3.75. The Morgan fingerprint density at radius 1 is 1.69 bits per heavy atom. The first-order valence-electron chi connectivity index (χ1n) is 4.25. The first-order valence-corrected chi connectivity index (χ1v) is 5.04. The lowest BCUT2D eigenvalue weighted by Crippen LogP contribution is -2.08. The number of hydrogen-bond donors (Lipinski definition) is 1. The van der Waals surface area contributed by atoms with Gasteiger partial charge in [-0.1, -0.05) is 0 Å². The number of aromatic nitrogens is 1. The van der Waals surface area contributed by atoms with E-state index in [9.17, 15) is 13.6 Å². The molecule has 1 rings (SSSR count). The highest BCUT2D eigenvalue weighted by Gasteiger charge is 2.19. The quantitative estimate of drug-likeness (QED) is 0.867. The van der Waals surface area contributed by atoms with Crippen LogP contribution in [0.15, 0.2) is 10.5 Å². The summed E-state index contributed by atoms with van der Waals surface area (Å²) in [6, 6.07) is 1.35. The molecule has 2 N–H and O–H groups in total. The number of methoxy groups -OCH3 is 1. The van der Waals surface area contributed by atoms with Crippen molar-refractivity contribution in [2.75, 3.05) is 12.8 Å². The van der Waals surface area contributed by atoms with Crippen LogP contribution in [0.4, 0.5) is 14.6 Å². The maximum absolute atomic E-state index is 12.5. The molecule has 0 atom stereocenters. The normalized spacial score (nSPS) is 10.6. The average molecular weight is 295 g/mol. The summed E-state index contributed by atoms with van der Waals surface area (Å²) in [5.74, 6) is -0.594. The number of nitrogens with two attached hydrogens (primary N) is 1. The molecule has 0 amide bonds. The van der Waals surface area contributed by atoms with E-state index in [1.54, 1.807) is 0 Å². The molecule has 16 heavy (non-hydrogen) atoms. The predicted molar refractivity (Wildman–Crippen MR) is 57.0 cm³/mol. The summed E-state index contributed by atoms with van der Waals surface area (Å²) in [6.07, 6.45) is -2.89. The number of esters is 1. The summed E-state index contributed by atoms with van der Waals surface area (Å²) >= 11 is 2.97. The molecular weight excluding hydrogens is 286 g/mol. The van der Waals surface area contributed by atoms with E-state index in [4.69, 9.17) is 5.73 Å². The van der Waals surface area contributed by atoms with Gasteiger partial charge in [-0.2, -0.15) is 0 Å². The van der Waals surface area contributed by atoms with Crippen LogP contribution in [0, 0.1) is 0 Å². The van der Waals surface area contributed by atoms with Gasteiger partial charge in [-0.3, -0.25) is 4.79 Å². The van der Waals surface area contributed by atoms with Gasteiger partial charge >= 0.3 is 5.97 Å². The van der Waals surface area contributed by atoms with Crippen molar-refractivity contribution in [3.8, 4) is 0 Å². The monoisotopic (exact) mass is 294 g/mol. The summed E-state index contributed by atoms with van der Waals surface area (Å²) in [6.45, 7) is 0. The molecule has 88 valence electrons. The minimum absolute atomic E-state index is 0.0580. The van der Waals surface area contributed by atoms with Gasteiger partial charge in [-0.05, 0) is 27.6 Å². The van der Waals surface area contributed by atoms with Crippen LogP contribution >= 0.6 is 15.9 Å². The smallest absolute Gasteiger partial charge is 0.310 e. The largest absolute Gasteiger partial charge is 0.469 e. The van der Waals surface area contributed by atoms with Crippen LogP contribution in [0.3, 0.4) is 0 Å². The maximum atomic E-state index is 12.5. The highest BCUT2D eigenvalue weighted by molar-refractivity contribution is 9.10. The number of nitrogens with zero attached hydrogens (tertiary/aromatic N) is 1. The zero-order valence-corrected chi connectivity index (χ0v) is 9.92. The van der Waals surface area contributed by atoms with Crippen molar-refractivity contribution in [2.45, 2.75) is 12.8 Å². The van der Waals surface area contributed by atoms with Crippen LogP contribution in [0.1, 0.15) is 17.7 Å². The molecule has 0 radical (unpaired) electrons. The number of anilines is 1. The molecule has 0 saturated heterocycles. The van der Waals surface area contributed by atoms with Crippen molar-refractivity contribution < 1.29 is 18.3 Å². The summed E-state index contributed by atoms with van der Waals surface area (Å²) in [5, 5.41) is 0. The summed E-state index contributed by atoms with van der Waals surface area (Å²) in [5.41, 5.74) is 5.22. The molecule has 0 bridgehead atoms. The van der Waals surface area contributed by atoms with Gasteiger partial charge in [0.25, 0.3) is 6.43 Å². The van der Waals surface area contributed by atoms with Gasteiger partial charge < -0.3 is 10.5 Å². The van der Waals surface area contributed by atoms with E-state index in [2.05, 4.69) is 25.7 Å². The van der Waals surface area contributed by atoms with E-state index in [1.165, 1.54) is 13.2 Å². The lowest BCUT2D eigenvalue weighted by molar-refractivity contribution is -0.139. The molecule has 0 aromatic carbocycles. The molecule has 1 aromatic rings. The highest BCUT2D eigenvalue weighted by atomic mass is 79.9. The van der Waals surface area contributed by atoms with Crippen LogP contribution < -0.4 is 5.73 Å². The van der Waals surface area contributed by atoms with Crippen LogP contribution in [-0.2, 0) is 16.0 Å². The van der Waals surface area contributed by atoms with E-state index in [1.807, 2.05) is 0 Å². The molecule has 1 heterocycles. The Labute approximate surface area is 98.9 Å². The fraction of sp³-hybridized carbons (Fsp3) is 0.333. The standard InChI is InChI=1S/C9H9BrF2N2O2/c1-16-6(15)3-4-2-5(13)14-8(7(4)10)9(11)12/h2,9H,3H2,1H3,(H2,13,14). The second kappa shape index (κ2) is 5.20. The first kappa shape index (κ1) is 12.8. The van der Waals surface area contributed by atoms with Crippen molar-refractivity contribution in [2.24, 2.45) is 0 Å². The molecule has 7 heteroatoms. The fourth-order valence-corrected chi connectivity index (χ4v) is 1.64. The van der Waals surface area contributed by atoms with Gasteiger partial charge in [0.15, 0.2) is 0 Å². The Morgan fingerprint density at radius 2 is 2.31 bits per heavy atom. The van der Waals surface area contributed by atoms with E-state index in [0.717, 1.165) is 0 Å². The summed E-state index contributed by atoms with van der Waals surface area (Å²) in [4.78, 5) is 14.5. The van der Waals surface area contributed by atoms with Crippen LogP contribution in [0.5, 0.6) is 0 Å². The molecule has 0 unspecified atom stereocenters. The number of carbonyl (C=O) groups excluding carboxylic acids is 1. The number of rotatable bonds is 3. The van der Waals surface area contributed by atoms with E-state index < -0.39 is 18.1 Å². The third-order valence-electron chi connectivity index (χ3n) is 1.85. The number of halogens is 3. The van der Waals surface area contributed by atoms with Crippen LogP contribution in [0.2, 0.25) is 0 Å². The van der Waals surface area contributed by atoms with Crippen molar-refractivity contribution in [1.29, 1.82) is 0 Å². The highest BCUT2D eigenvalue weighted by Crippen LogP contribution is 2.30. The van der Waals surface area contributed by atoms with Crippen molar-refractivity contribution in [3.05, 3.63) is 21.8 Å². The molecule has 0 saturated carbocycles. The van der Waals surface area contributed by atoms with Crippen molar-refractivity contribution in [3.63, 3.8) is 0 Å². The molecule has 0 fully saturated rings. The first-order chi connectivity index (χ1) is 7.45. The lowest BCUT2D eigenvalue weighted by Gasteiger charge is -2.09. The van der Waals surface area contributed by atoms with Crippen molar-refractivity contribution >= 4 is 27.7 Å². The molecular formula is C9H9BrF2N2O2. The molecule has 0 aliphatic heterocycles. The van der Waals surface area contributed by atoms with Gasteiger partial charge in [-0.25, -0.2) is 13.8 Å². The number of alkyl halides is 2. The third-order valence-corrected chi connectivity index (χ3v) is 2.76. The van der Waals surface area contributed by atoms with Gasteiger partial charge in [0, 0.05) is 4.47 Å². The van der Waals surface area contributed by atoms with Crippen LogP contribution in [0.25, 0.3) is 0 Å². The number of pyridine rings is 1. The molecule has 0 spiro atoms. The van der Waals surface area contributed by atoms with E-state index in [-0.39, 0.29) is 16.7 Å². The van der Waals surface area contributed by atoms with Gasteiger partial charge in [0.05, 0.1) is 13.5 Å². The Bertz CT molecular complexity index is 413. The van der Waals surface area contributed by atoms with Crippen LogP contribution in [-0.4, -0.2) is 18.1 Å². The number of nitrogen functional groups attached to an aromatic ring is 1. The molecule has 4 nitrogen and oxygen atoms in total. The molecule has 0 aliphatic rings. The molecule has 0 aliphatic carbocycles. The minimum atomic E-state index is -2.76. The Morgan fingerprint density at radius 3 is 2.81 bits per heavy atom. The summed E-state index contributed by atoms with van der Waals surface area (Å²) < 4.78 is 29.6. The topological polar surface area (TPSA) is 65.2 Å². The predicted octanol–water partition coefficient (Wildman–Crippen LogP) is 2.08. The average Bonchev–Trinajstić information content (AvgIpc) is 2.22. The molecule has 1 aromatic heterocycles. The zero-order chi connectivity index (χ0) is 12.3. The van der Waals surface area contributed by atoms with Gasteiger partial charge in [0.1, 0.15) is 11.5 Å². The van der Waals surface area contributed by atoms with E-state index >= 15 is 0 Å². The Hall–Kier alpha value is -1.24. The van der Waals surface area contributed by atoms with Gasteiger partial charge in [0.2, 0.25) is 0 Å². The second-order valence-electron chi connectivity index (χ2n) is 2.96. The minimum Gasteiger partial charge on any atom is -0.469 e. The lowest BCUT2D eigenvalue weighted by atomic mass is 10.1. The number of hydrogen-bond acceptors (Lipinski definition) is 4. The SMILES string of the molecule is COC(=O)Cc1cc(N)nc(C(F)F)c1Br. The number of carbonyl (C=O) groups is 1. The third kappa shape index (κ3) is 2.88. The zero-order valence-electron chi connectivity index (χ0n) is 8.34. The number of ether oxygens (including phenoxy) is 1. The Balaban J connectivity index is 3.14. The summed E-state index contributed by atoms with van der Waals surface area (Å²) in [7, 11) is 1.22.